The number of hydrogen-bond donors (Lipinski definition) is 2. The molecule has 0 unspecified atom stereocenters. The third kappa shape index (κ3) is 2.95. The number of esters is 1. The molecular weight excluding hydrogens is 334 g/mol. The van der Waals surface area contributed by atoms with Gasteiger partial charge in [-0.15, -0.1) is 0 Å². The van der Waals surface area contributed by atoms with Crippen LogP contribution in [0.1, 0.15) is 59.5 Å². The summed E-state index contributed by atoms with van der Waals surface area (Å²) < 4.78 is 4.60. The number of aromatic nitrogens is 1. The normalized spacial score (nSPS) is 31.3. The number of nitrogens with zero attached hydrogens (tertiary/aromatic N) is 1. The van der Waals surface area contributed by atoms with Gasteiger partial charge >= 0.3 is 5.97 Å². The van der Waals surface area contributed by atoms with Gasteiger partial charge in [-0.25, -0.2) is 9.78 Å². The second-order valence-electron chi connectivity index (χ2n) is 8.01. The molecule has 5 rings (SSSR count). The van der Waals surface area contributed by atoms with E-state index in [4.69, 9.17) is 0 Å². The van der Waals surface area contributed by atoms with Crippen molar-refractivity contribution in [3.63, 3.8) is 0 Å². The van der Waals surface area contributed by atoms with E-state index in [1.165, 1.54) is 38.5 Å². The van der Waals surface area contributed by atoms with Crippen LogP contribution in [0.25, 0.3) is 0 Å². The van der Waals surface area contributed by atoms with Crippen molar-refractivity contribution in [2.75, 3.05) is 7.11 Å². The molecule has 138 valence electrons. The van der Waals surface area contributed by atoms with Crippen molar-refractivity contribution in [1.82, 2.24) is 15.8 Å². The lowest BCUT2D eigenvalue weighted by Gasteiger charge is -2.55. The molecule has 2 amide bonds. The number of nitrogens with one attached hydrogen (secondary N) is 2. The van der Waals surface area contributed by atoms with Crippen molar-refractivity contribution in [1.29, 1.82) is 0 Å². The topological polar surface area (TPSA) is 97.4 Å². The van der Waals surface area contributed by atoms with Gasteiger partial charge < -0.3 is 4.74 Å². The average Bonchev–Trinajstić information content (AvgIpc) is 2.64. The van der Waals surface area contributed by atoms with E-state index in [0.717, 1.165) is 19.3 Å². The maximum Gasteiger partial charge on any atom is 0.356 e. The Kier molecular flexibility index (Phi) is 4.17. The molecule has 1 heterocycles. The molecule has 0 radical (unpaired) electrons. The van der Waals surface area contributed by atoms with E-state index >= 15 is 0 Å². The molecule has 7 heteroatoms. The van der Waals surface area contributed by atoms with Gasteiger partial charge in [0, 0.05) is 0 Å². The molecule has 4 saturated carbocycles. The van der Waals surface area contributed by atoms with E-state index in [2.05, 4.69) is 20.6 Å². The van der Waals surface area contributed by atoms with Crippen LogP contribution in [0.2, 0.25) is 0 Å². The Morgan fingerprint density at radius 3 is 2.15 bits per heavy atom. The first-order valence-electron chi connectivity index (χ1n) is 9.15. The monoisotopic (exact) mass is 357 g/mol. The molecule has 0 spiro atoms. The lowest BCUT2D eigenvalue weighted by molar-refractivity contribution is -0.147. The quantitative estimate of drug-likeness (QED) is 0.635. The van der Waals surface area contributed by atoms with Crippen LogP contribution in [0.4, 0.5) is 0 Å². The highest BCUT2D eigenvalue weighted by Crippen LogP contribution is 2.59. The Morgan fingerprint density at radius 1 is 1.00 bits per heavy atom. The molecular formula is C19H23N3O4. The standard InChI is InChI=1S/C19H23N3O4/c1-26-17(24)15-4-2-3-14(20-15)16(23)21-22-18(25)19-8-11-5-12(9-19)7-13(6-11)10-19/h2-4,11-13H,5-10H2,1H3,(H,21,23)(H,22,25). The van der Waals surface area contributed by atoms with Crippen LogP contribution in [-0.2, 0) is 9.53 Å². The number of carbonyl (C=O) groups is 3. The first kappa shape index (κ1) is 17.0. The Hall–Kier alpha value is -2.44. The second-order valence-corrected chi connectivity index (χ2v) is 8.01. The van der Waals surface area contributed by atoms with Crippen LogP contribution in [0, 0.1) is 23.2 Å². The molecule has 1 aromatic heterocycles. The molecule has 2 N–H and O–H groups in total. The predicted octanol–water partition coefficient (Wildman–Crippen LogP) is 1.85. The molecule has 4 aliphatic rings. The number of pyridine rings is 1. The minimum Gasteiger partial charge on any atom is -0.464 e. The van der Waals surface area contributed by atoms with Gasteiger partial charge in [-0.05, 0) is 68.4 Å². The van der Waals surface area contributed by atoms with Crippen molar-refractivity contribution >= 4 is 17.8 Å². The van der Waals surface area contributed by atoms with Crippen molar-refractivity contribution in [3.8, 4) is 0 Å². The largest absolute Gasteiger partial charge is 0.464 e. The zero-order chi connectivity index (χ0) is 18.3. The lowest BCUT2D eigenvalue weighted by atomic mass is 9.49. The van der Waals surface area contributed by atoms with E-state index < -0.39 is 11.9 Å². The van der Waals surface area contributed by atoms with Gasteiger partial charge in [-0.1, -0.05) is 6.07 Å². The highest BCUT2D eigenvalue weighted by Gasteiger charge is 2.54. The number of carbonyl (C=O) groups excluding carboxylic acids is 3. The molecule has 26 heavy (non-hydrogen) atoms. The number of rotatable bonds is 3. The van der Waals surface area contributed by atoms with Crippen LogP contribution in [0.5, 0.6) is 0 Å². The highest BCUT2D eigenvalue weighted by molar-refractivity contribution is 5.96. The van der Waals surface area contributed by atoms with Gasteiger partial charge in [0.25, 0.3) is 5.91 Å². The second kappa shape index (κ2) is 6.37. The van der Waals surface area contributed by atoms with E-state index in [0.29, 0.717) is 17.8 Å². The van der Waals surface area contributed by atoms with Crippen LogP contribution >= 0.6 is 0 Å². The van der Waals surface area contributed by atoms with Gasteiger partial charge in [-0.2, -0.15) is 0 Å². The first-order valence-corrected chi connectivity index (χ1v) is 9.15. The highest BCUT2D eigenvalue weighted by atomic mass is 16.5. The van der Waals surface area contributed by atoms with Gasteiger partial charge in [0.2, 0.25) is 5.91 Å². The summed E-state index contributed by atoms with van der Waals surface area (Å²) in [5, 5.41) is 0. The fourth-order valence-electron chi connectivity index (χ4n) is 5.48. The van der Waals surface area contributed by atoms with Gasteiger partial charge in [0.1, 0.15) is 11.4 Å². The first-order chi connectivity index (χ1) is 12.5. The Morgan fingerprint density at radius 2 is 1.58 bits per heavy atom. The fraction of sp³-hybridized carbons (Fsp3) is 0.579. The van der Waals surface area contributed by atoms with E-state index in [-0.39, 0.29) is 22.7 Å². The summed E-state index contributed by atoms with van der Waals surface area (Å²) in [6.07, 6.45) is 6.54. The van der Waals surface area contributed by atoms with Gasteiger partial charge in [-0.3, -0.25) is 20.4 Å². The zero-order valence-electron chi connectivity index (χ0n) is 14.8. The van der Waals surface area contributed by atoms with E-state index in [1.54, 1.807) is 6.07 Å². The van der Waals surface area contributed by atoms with Gasteiger partial charge in [0.15, 0.2) is 0 Å². The number of ether oxygens (including phenoxy) is 1. The Bertz CT molecular complexity index is 726. The molecule has 0 aromatic carbocycles. The van der Waals surface area contributed by atoms with Crippen molar-refractivity contribution in [2.45, 2.75) is 38.5 Å². The molecule has 0 aliphatic heterocycles. The van der Waals surface area contributed by atoms with Crippen molar-refractivity contribution in [2.24, 2.45) is 23.2 Å². The number of hydrazine groups is 1. The number of amides is 2. The van der Waals surface area contributed by atoms with Crippen LogP contribution in [-0.4, -0.2) is 29.9 Å². The molecule has 7 nitrogen and oxygen atoms in total. The zero-order valence-corrected chi connectivity index (χ0v) is 14.8. The molecule has 0 atom stereocenters. The van der Waals surface area contributed by atoms with Crippen LogP contribution < -0.4 is 10.9 Å². The maximum atomic E-state index is 12.8. The van der Waals surface area contributed by atoms with Crippen molar-refractivity contribution in [3.05, 3.63) is 29.6 Å². The third-order valence-corrected chi connectivity index (χ3v) is 6.19. The summed E-state index contributed by atoms with van der Waals surface area (Å²) in [4.78, 5) is 40.6. The van der Waals surface area contributed by atoms with E-state index in [1.807, 2.05) is 0 Å². The SMILES string of the molecule is COC(=O)c1cccc(C(=O)NNC(=O)C23CC4CC(CC(C4)C2)C3)n1. The lowest BCUT2D eigenvalue weighted by Crippen LogP contribution is -2.56. The van der Waals surface area contributed by atoms with Crippen LogP contribution in [0.3, 0.4) is 0 Å². The number of methoxy groups -OCH3 is 1. The smallest absolute Gasteiger partial charge is 0.356 e. The minimum absolute atomic E-state index is 0.0487. The minimum atomic E-state index is -0.614. The average molecular weight is 357 g/mol. The molecule has 0 saturated heterocycles. The molecule has 4 bridgehead atoms. The summed E-state index contributed by atoms with van der Waals surface area (Å²) in [6.45, 7) is 0. The summed E-state index contributed by atoms with van der Waals surface area (Å²) >= 11 is 0. The molecule has 4 fully saturated rings. The van der Waals surface area contributed by atoms with Gasteiger partial charge in [0.05, 0.1) is 12.5 Å². The van der Waals surface area contributed by atoms with Crippen molar-refractivity contribution < 1.29 is 19.1 Å². The summed E-state index contributed by atoms with van der Waals surface area (Å²) in [6, 6.07) is 4.50. The maximum absolute atomic E-state index is 12.8. The van der Waals surface area contributed by atoms with E-state index in [9.17, 15) is 14.4 Å². The molecule has 1 aromatic rings. The Labute approximate surface area is 151 Å². The summed E-state index contributed by atoms with van der Waals surface area (Å²) in [5.41, 5.74) is 4.83. The predicted molar refractivity (Wildman–Crippen MR) is 91.8 cm³/mol. The Balaban J connectivity index is 1.40. The number of hydrogen-bond acceptors (Lipinski definition) is 5. The molecule has 4 aliphatic carbocycles. The summed E-state index contributed by atoms with van der Waals surface area (Å²) in [5.74, 6) is 0.712. The fourth-order valence-corrected chi connectivity index (χ4v) is 5.48. The summed E-state index contributed by atoms with van der Waals surface area (Å²) in [7, 11) is 1.25. The van der Waals surface area contributed by atoms with Crippen LogP contribution in [0.15, 0.2) is 18.2 Å². The third-order valence-electron chi connectivity index (χ3n) is 6.19.